The van der Waals surface area contributed by atoms with Gasteiger partial charge in [0, 0.05) is 30.3 Å². The van der Waals surface area contributed by atoms with Gasteiger partial charge in [-0.05, 0) is 41.2 Å². The average Bonchev–Trinajstić information content (AvgIpc) is 3.10. The van der Waals surface area contributed by atoms with Gasteiger partial charge in [0.15, 0.2) is 6.10 Å². The van der Waals surface area contributed by atoms with Gasteiger partial charge in [-0.3, -0.25) is 4.79 Å². The molecule has 0 spiro atoms. The second-order valence-electron chi connectivity index (χ2n) is 9.50. The number of aromatic nitrogens is 2. The normalized spacial score (nSPS) is 22.9. The maximum absolute atomic E-state index is 14.1. The lowest BCUT2D eigenvalue weighted by Crippen LogP contribution is -2.56. The van der Waals surface area contributed by atoms with E-state index >= 15 is 0 Å². The molecule has 0 radical (unpaired) electrons. The Balaban J connectivity index is 1.29. The van der Waals surface area contributed by atoms with Crippen LogP contribution in [-0.2, 0) is 21.6 Å². The van der Waals surface area contributed by atoms with Gasteiger partial charge in [0.1, 0.15) is 12.9 Å². The van der Waals surface area contributed by atoms with Crippen molar-refractivity contribution in [2.75, 3.05) is 26.7 Å². The Morgan fingerprint density at radius 1 is 1.12 bits per heavy atom. The van der Waals surface area contributed by atoms with Gasteiger partial charge < -0.3 is 14.3 Å². The van der Waals surface area contributed by atoms with Gasteiger partial charge in [-0.25, -0.2) is 9.97 Å². The van der Waals surface area contributed by atoms with Gasteiger partial charge in [0.05, 0.1) is 20.1 Å². The predicted octanol–water partition coefficient (Wildman–Crippen LogP) is 2.85. The molecular weight excluding hydrogens is 414 g/mol. The first-order valence-electron chi connectivity index (χ1n) is 11.7. The summed E-state index contributed by atoms with van der Waals surface area (Å²) in [5.74, 6) is -0.681. The van der Waals surface area contributed by atoms with Crippen LogP contribution >= 0.6 is 0 Å². The van der Waals surface area contributed by atoms with Crippen molar-refractivity contribution in [1.29, 1.82) is 0 Å². The third-order valence-electron chi connectivity index (χ3n) is 7.11. The molecule has 0 amide bonds. The molecule has 2 aliphatic rings. The topological polar surface area (TPSA) is 75.1 Å². The second-order valence-corrected chi connectivity index (χ2v) is 9.50. The zero-order valence-electron chi connectivity index (χ0n) is 18.9. The molecule has 2 atom stereocenters. The maximum Gasteiger partial charge on any atom is 0.304 e. The highest BCUT2D eigenvalue weighted by molar-refractivity contribution is 5.95. The molecule has 1 aliphatic heterocycles. The van der Waals surface area contributed by atoms with Crippen LogP contribution in [0.4, 0.5) is 0 Å². The lowest BCUT2D eigenvalue weighted by Gasteiger charge is -2.43. The van der Waals surface area contributed by atoms with Gasteiger partial charge >= 0.3 is 5.97 Å². The van der Waals surface area contributed by atoms with Gasteiger partial charge in [-0.15, -0.1) is 0 Å². The van der Waals surface area contributed by atoms with E-state index in [4.69, 9.17) is 4.74 Å². The van der Waals surface area contributed by atoms with E-state index < -0.39 is 11.6 Å². The first-order valence-corrected chi connectivity index (χ1v) is 11.7. The van der Waals surface area contributed by atoms with E-state index in [0.717, 1.165) is 66.6 Å². The fourth-order valence-electron chi connectivity index (χ4n) is 5.43. The molecule has 0 N–H and O–H groups in total. The zero-order chi connectivity index (χ0) is 22.9. The third kappa shape index (κ3) is 4.05. The Morgan fingerprint density at radius 3 is 2.48 bits per heavy atom. The van der Waals surface area contributed by atoms with Crippen LogP contribution in [0.5, 0.6) is 0 Å². The number of nitrogens with zero attached hydrogens (tertiary/aromatic N) is 3. The van der Waals surface area contributed by atoms with Crippen LogP contribution in [-0.4, -0.2) is 53.2 Å². The van der Waals surface area contributed by atoms with E-state index in [2.05, 4.69) is 17.0 Å². The van der Waals surface area contributed by atoms with Gasteiger partial charge in [0.2, 0.25) is 0 Å². The minimum absolute atomic E-state index is 0.249. The summed E-state index contributed by atoms with van der Waals surface area (Å²) >= 11 is 0. The number of rotatable bonds is 6. The third-order valence-corrected chi connectivity index (χ3v) is 7.11. The Labute approximate surface area is 194 Å². The van der Waals surface area contributed by atoms with E-state index in [-0.39, 0.29) is 6.10 Å². The quantitative estimate of drug-likeness (QED) is 0.433. The Morgan fingerprint density at radius 2 is 1.82 bits per heavy atom. The highest BCUT2D eigenvalue weighted by Gasteiger charge is 2.42. The van der Waals surface area contributed by atoms with Crippen LogP contribution < -0.4 is 5.11 Å². The first-order chi connectivity index (χ1) is 16.0. The highest BCUT2D eigenvalue weighted by Crippen LogP contribution is 2.46. The standard InChI is InChI=1S/C27H29N3O3/c1-30(16-6-8-20-14-15-28-19-29-20)17-7-9-21(18-30)33-26(31)27(32)24-12-4-2-10-22(24)23-11-3-5-13-25(23)27/h2-5,10-15,19,21H,6-9,16-18H2,1H3/t21?,30-/m1/s1. The minimum atomic E-state index is -2.01. The van der Waals surface area contributed by atoms with E-state index in [9.17, 15) is 9.90 Å². The number of ether oxygens (including phenoxy) is 1. The molecule has 2 heterocycles. The first kappa shape index (κ1) is 21.7. The van der Waals surface area contributed by atoms with E-state index in [0.29, 0.717) is 11.1 Å². The summed E-state index contributed by atoms with van der Waals surface area (Å²) in [4.78, 5) is 21.7. The molecule has 170 valence electrons. The number of quaternary nitrogens is 1. The summed E-state index contributed by atoms with van der Waals surface area (Å²) < 4.78 is 6.80. The lowest BCUT2D eigenvalue weighted by molar-refractivity contribution is -0.917. The molecule has 33 heavy (non-hydrogen) atoms. The molecular formula is C27H29N3O3. The summed E-state index contributed by atoms with van der Waals surface area (Å²) in [5, 5.41) is 14.1. The fourth-order valence-corrected chi connectivity index (χ4v) is 5.43. The predicted molar refractivity (Wildman–Crippen MR) is 123 cm³/mol. The molecule has 1 saturated heterocycles. The number of benzene rings is 2. The van der Waals surface area contributed by atoms with Crippen molar-refractivity contribution in [3.05, 3.63) is 83.9 Å². The highest BCUT2D eigenvalue weighted by atomic mass is 16.6. The summed E-state index contributed by atoms with van der Waals surface area (Å²) in [6, 6.07) is 16.7. The smallest absolute Gasteiger partial charge is 0.304 e. The van der Waals surface area contributed by atoms with E-state index in [1.165, 1.54) is 0 Å². The minimum Gasteiger partial charge on any atom is -0.834 e. The number of carbonyl (C=O) groups excluding carboxylic acids is 1. The molecule has 1 aromatic heterocycles. The van der Waals surface area contributed by atoms with E-state index in [1.807, 2.05) is 42.5 Å². The number of hydrogen-bond donors (Lipinski definition) is 0. The van der Waals surface area contributed by atoms with Gasteiger partial charge in [-0.1, -0.05) is 48.5 Å². The van der Waals surface area contributed by atoms with Crippen LogP contribution in [0.25, 0.3) is 11.1 Å². The molecule has 6 heteroatoms. The zero-order valence-corrected chi connectivity index (χ0v) is 18.9. The molecule has 3 aromatic rings. The summed E-state index contributed by atoms with van der Waals surface area (Å²) in [7, 11) is 2.22. The molecule has 0 bridgehead atoms. The molecule has 5 rings (SSSR count). The number of aryl methyl sites for hydroxylation is 1. The van der Waals surface area contributed by atoms with Gasteiger partial charge in [0.25, 0.3) is 0 Å². The Kier molecular flexibility index (Phi) is 5.72. The number of piperidine rings is 1. The molecule has 0 saturated carbocycles. The number of carbonyl (C=O) groups is 1. The van der Waals surface area contributed by atoms with Crippen LogP contribution in [0.3, 0.4) is 0 Å². The van der Waals surface area contributed by atoms with Crippen molar-refractivity contribution >= 4 is 5.97 Å². The monoisotopic (exact) mass is 443 g/mol. The number of likely N-dealkylation sites (N-methyl/N-ethyl adjacent to an activating group) is 1. The number of hydrogen-bond acceptors (Lipinski definition) is 5. The number of fused-ring (bicyclic) bond motifs is 3. The van der Waals surface area contributed by atoms with Gasteiger partial charge in [-0.2, -0.15) is 0 Å². The van der Waals surface area contributed by atoms with Crippen molar-refractivity contribution in [1.82, 2.24) is 9.97 Å². The van der Waals surface area contributed by atoms with Crippen molar-refractivity contribution in [2.45, 2.75) is 37.4 Å². The molecule has 1 unspecified atom stereocenters. The Hall–Kier alpha value is -3.09. The van der Waals surface area contributed by atoms with Crippen molar-refractivity contribution < 1.29 is 19.1 Å². The van der Waals surface area contributed by atoms with Crippen molar-refractivity contribution in [3.63, 3.8) is 0 Å². The molecule has 1 fully saturated rings. The van der Waals surface area contributed by atoms with Crippen molar-refractivity contribution in [3.8, 4) is 11.1 Å². The van der Waals surface area contributed by atoms with E-state index in [1.54, 1.807) is 24.7 Å². The number of esters is 1. The molecule has 2 aromatic carbocycles. The van der Waals surface area contributed by atoms with Crippen molar-refractivity contribution in [2.24, 2.45) is 0 Å². The molecule has 1 aliphatic carbocycles. The summed E-state index contributed by atoms with van der Waals surface area (Å²) in [5.41, 5.74) is 1.68. The maximum atomic E-state index is 14.1. The second kappa shape index (κ2) is 8.69. The van der Waals surface area contributed by atoms with Crippen LogP contribution in [0, 0.1) is 0 Å². The van der Waals surface area contributed by atoms with Crippen LogP contribution in [0.1, 0.15) is 36.1 Å². The summed E-state index contributed by atoms with van der Waals surface area (Å²) in [6.07, 6.45) is 6.78. The lowest BCUT2D eigenvalue weighted by atomic mass is 9.91. The fraction of sp³-hybridized carbons (Fsp3) is 0.370. The summed E-state index contributed by atoms with van der Waals surface area (Å²) in [6.45, 7) is 2.76. The SMILES string of the molecule is C[N@@+]1(CCCc2ccncn2)CCCC(OC(=O)C2([O-])c3ccccc3-c3ccccc32)C1. The molecule has 6 nitrogen and oxygen atoms in total. The van der Waals surface area contributed by atoms with Crippen LogP contribution in [0.2, 0.25) is 0 Å². The average molecular weight is 444 g/mol. The van der Waals surface area contributed by atoms with Crippen LogP contribution in [0.15, 0.2) is 67.1 Å². The largest absolute Gasteiger partial charge is 0.834 e. The Bertz CT molecular complexity index is 1100. The number of likely N-dealkylation sites (tertiary alicyclic amines) is 1.